The predicted molar refractivity (Wildman–Crippen MR) is 62.1 cm³/mol. The highest BCUT2D eigenvalue weighted by atomic mass is 79.9. The quantitative estimate of drug-likeness (QED) is 0.831. The lowest BCUT2D eigenvalue weighted by atomic mass is 10.0. The molecule has 0 saturated carbocycles. The molecule has 0 radical (unpaired) electrons. The maximum absolute atomic E-state index is 13.1. The van der Waals surface area contributed by atoms with Crippen LogP contribution in [0.15, 0.2) is 28.8 Å². The molecule has 1 aromatic carbocycles. The minimum atomic E-state index is -0.662. The minimum Gasteiger partial charge on any atom is -0.505 e. The molecular weight excluding hydrogens is 261 g/mol. The van der Waals surface area contributed by atoms with Crippen LogP contribution in [-0.4, -0.2) is 5.11 Å². The number of hydrogen-bond acceptors (Lipinski definition) is 2. The van der Waals surface area contributed by atoms with Crippen molar-refractivity contribution in [1.82, 2.24) is 0 Å². The van der Waals surface area contributed by atoms with E-state index in [0.717, 1.165) is 5.57 Å². The van der Waals surface area contributed by atoms with Gasteiger partial charge in [-0.2, -0.15) is 0 Å². The van der Waals surface area contributed by atoms with Crippen molar-refractivity contribution in [2.75, 3.05) is 0 Å². The highest BCUT2D eigenvalue weighted by molar-refractivity contribution is 9.10. The van der Waals surface area contributed by atoms with E-state index in [1.807, 2.05) is 6.92 Å². The second-order valence-electron chi connectivity index (χ2n) is 3.56. The molecule has 0 aliphatic carbocycles. The second-order valence-corrected chi connectivity index (χ2v) is 4.41. The second kappa shape index (κ2) is 4.77. The Kier molecular flexibility index (Phi) is 3.88. The Hall–Kier alpha value is -0.870. The number of aromatic hydroxyl groups is 1. The van der Waals surface area contributed by atoms with Crippen LogP contribution in [0.1, 0.15) is 24.9 Å². The molecule has 2 nitrogen and oxygen atoms in total. The van der Waals surface area contributed by atoms with Gasteiger partial charge >= 0.3 is 0 Å². The van der Waals surface area contributed by atoms with Crippen molar-refractivity contribution in [3.8, 4) is 5.75 Å². The smallest absolute Gasteiger partial charge is 0.165 e. The zero-order valence-electron chi connectivity index (χ0n) is 8.43. The van der Waals surface area contributed by atoms with Crippen LogP contribution in [0.2, 0.25) is 0 Å². The lowest BCUT2D eigenvalue weighted by Gasteiger charge is -2.15. The molecule has 0 aliphatic rings. The van der Waals surface area contributed by atoms with Crippen molar-refractivity contribution in [3.05, 3.63) is 40.1 Å². The SMILES string of the molecule is C=C(C)C[C@@H](N)c1c(Br)ccc(F)c1O. The summed E-state index contributed by atoms with van der Waals surface area (Å²) in [5.74, 6) is -1.05. The van der Waals surface area contributed by atoms with E-state index in [1.54, 1.807) is 0 Å². The van der Waals surface area contributed by atoms with Crippen LogP contribution in [0.3, 0.4) is 0 Å². The van der Waals surface area contributed by atoms with Crippen molar-refractivity contribution in [2.45, 2.75) is 19.4 Å². The number of rotatable bonds is 3. The van der Waals surface area contributed by atoms with Gasteiger partial charge in [0.25, 0.3) is 0 Å². The van der Waals surface area contributed by atoms with Crippen LogP contribution >= 0.6 is 15.9 Å². The van der Waals surface area contributed by atoms with Crippen LogP contribution < -0.4 is 5.73 Å². The van der Waals surface area contributed by atoms with Gasteiger partial charge in [0.1, 0.15) is 0 Å². The fourth-order valence-electron chi connectivity index (χ4n) is 1.39. The summed E-state index contributed by atoms with van der Waals surface area (Å²) in [6.45, 7) is 5.57. The van der Waals surface area contributed by atoms with Gasteiger partial charge in [0, 0.05) is 16.1 Å². The molecule has 0 fully saturated rings. The van der Waals surface area contributed by atoms with Gasteiger partial charge in [0.2, 0.25) is 0 Å². The van der Waals surface area contributed by atoms with Crippen LogP contribution in [0.4, 0.5) is 4.39 Å². The zero-order valence-corrected chi connectivity index (χ0v) is 10.0. The minimum absolute atomic E-state index is 0.387. The number of phenols is 1. The molecule has 0 unspecified atom stereocenters. The predicted octanol–water partition coefficient (Wildman–Crippen LogP) is 3.26. The maximum Gasteiger partial charge on any atom is 0.165 e. The van der Waals surface area contributed by atoms with Gasteiger partial charge in [-0.05, 0) is 25.5 Å². The van der Waals surface area contributed by atoms with Crippen molar-refractivity contribution >= 4 is 15.9 Å². The first-order valence-corrected chi connectivity index (χ1v) is 5.29. The molecule has 1 rings (SSSR count). The van der Waals surface area contributed by atoms with Crippen LogP contribution in [0, 0.1) is 5.82 Å². The van der Waals surface area contributed by atoms with E-state index in [1.165, 1.54) is 12.1 Å². The normalized spacial score (nSPS) is 12.5. The average Bonchev–Trinajstić information content (AvgIpc) is 2.11. The van der Waals surface area contributed by atoms with E-state index >= 15 is 0 Å². The summed E-state index contributed by atoms with van der Waals surface area (Å²) in [5, 5.41) is 9.55. The van der Waals surface area contributed by atoms with Gasteiger partial charge in [-0.25, -0.2) is 4.39 Å². The summed E-state index contributed by atoms with van der Waals surface area (Å²) >= 11 is 3.24. The summed E-state index contributed by atoms with van der Waals surface area (Å²) in [5.41, 5.74) is 7.12. The summed E-state index contributed by atoms with van der Waals surface area (Å²) in [6, 6.07) is 2.27. The van der Waals surface area contributed by atoms with Gasteiger partial charge in [0.15, 0.2) is 11.6 Å². The number of benzene rings is 1. The van der Waals surface area contributed by atoms with Crippen LogP contribution in [-0.2, 0) is 0 Å². The summed E-state index contributed by atoms with van der Waals surface area (Å²) < 4.78 is 13.7. The Bertz CT molecular complexity index is 392. The molecule has 1 aromatic rings. The van der Waals surface area contributed by atoms with Crippen LogP contribution in [0.25, 0.3) is 0 Å². The van der Waals surface area contributed by atoms with Crippen molar-refractivity contribution in [1.29, 1.82) is 0 Å². The highest BCUT2D eigenvalue weighted by Crippen LogP contribution is 2.34. The van der Waals surface area contributed by atoms with Crippen molar-refractivity contribution in [3.63, 3.8) is 0 Å². The number of hydrogen-bond donors (Lipinski definition) is 2. The van der Waals surface area contributed by atoms with E-state index in [2.05, 4.69) is 22.5 Å². The monoisotopic (exact) mass is 273 g/mol. The van der Waals surface area contributed by atoms with Gasteiger partial charge in [-0.3, -0.25) is 0 Å². The van der Waals surface area contributed by atoms with Gasteiger partial charge in [-0.15, -0.1) is 6.58 Å². The lowest BCUT2D eigenvalue weighted by molar-refractivity contribution is 0.419. The molecule has 0 saturated heterocycles. The number of nitrogens with two attached hydrogens (primary N) is 1. The average molecular weight is 274 g/mol. The number of phenolic OH excluding ortho intramolecular Hbond substituents is 1. The van der Waals surface area contributed by atoms with Gasteiger partial charge < -0.3 is 10.8 Å². The standard InChI is InChI=1S/C11H13BrFNO/c1-6(2)5-9(14)10-7(12)3-4-8(13)11(10)15/h3-4,9,15H,1,5,14H2,2H3/t9-/m1/s1. The maximum atomic E-state index is 13.1. The fraction of sp³-hybridized carbons (Fsp3) is 0.273. The molecule has 0 heterocycles. The molecule has 0 aliphatic heterocycles. The van der Waals surface area contributed by atoms with Gasteiger partial charge in [0.05, 0.1) is 0 Å². The molecule has 3 N–H and O–H groups in total. The largest absolute Gasteiger partial charge is 0.505 e. The summed E-state index contributed by atoms with van der Waals surface area (Å²) in [6.07, 6.45) is 0.510. The van der Waals surface area contributed by atoms with Crippen molar-refractivity contribution < 1.29 is 9.50 Å². The van der Waals surface area contributed by atoms with Crippen molar-refractivity contribution in [2.24, 2.45) is 5.73 Å². The number of halogens is 2. The molecule has 15 heavy (non-hydrogen) atoms. The molecule has 0 aromatic heterocycles. The van der Waals surface area contributed by atoms with E-state index in [-0.39, 0.29) is 0 Å². The molecule has 82 valence electrons. The highest BCUT2D eigenvalue weighted by Gasteiger charge is 2.17. The molecular formula is C11H13BrFNO. The molecule has 0 bridgehead atoms. The van der Waals surface area contributed by atoms with Crippen LogP contribution in [0.5, 0.6) is 5.75 Å². The Morgan fingerprint density at radius 2 is 2.27 bits per heavy atom. The summed E-state index contributed by atoms with van der Waals surface area (Å²) in [7, 11) is 0. The molecule has 0 amide bonds. The third-order valence-electron chi connectivity index (χ3n) is 2.05. The molecule has 1 atom stereocenters. The van der Waals surface area contributed by atoms with E-state index in [4.69, 9.17) is 5.73 Å². The Morgan fingerprint density at radius 3 is 2.80 bits per heavy atom. The third kappa shape index (κ3) is 2.79. The first-order chi connectivity index (χ1) is 6.93. The van der Waals surface area contributed by atoms with E-state index in [0.29, 0.717) is 16.5 Å². The first-order valence-electron chi connectivity index (χ1n) is 4.50. The molecule has 0 spiro atoms. The topological polar surface area (TPSA) is 46.2 Å². The Labute approximate surface area is 96.7 Å². The zero-order chi connectivity index (χ0) is 11.6. The molecule has 4 heteroatoms. The van der Waals surface area contributed by atoms with E-state index < -0.39 is 17.6 Å². The van der Waals surface area contributed by atoms with Gasteiger partial charge in [-0.1, -0.05) is 21.5 Å². The Morgan fingerprint density at radius 1 is 1.67 bits per heavy atom. The summed E-state index contributed by atoms with van der Waals surface area (Å²) in [4.78, 5) is 0. The Balaban J connectivity index is 3.12. The van der Waals surface area contributed by atoms with E-state index in [9.17, 15) is 9.50 Å². The first kappa shape index (κ1) is 12.2. The third-order valence-corrected chi connectivity index (χ3v) is 2.75. The fourth-order valence-corrected chi connectivity index (χ4v) is 2.00. The lowest BCUT2D eigenvalue weighted by Crippen LogP contribution is -2.12.